The summed E-state index contributed by atoms with van der Waals surface area (Å²) < 4.78 is 16.4. The molecule has 7 nitrogen and oxygen atoms in total. The number of benzene rings is 1. The van der Waals surface area contributed by atoms with Gasteiger partial charge in [-0.3, -0.25) is 9.59 Å². The van der Waals surface area contributed by atoms with E-state index in [1.807, 2.05) is 13.8 Å². The molecule has 1 aromatic heterocycles. The van der Waals surface area contributed by atoms with Crippen LogP contribution in [0, 0.1) is 6.92 Å². The van der Waals surface area contributed by atoms with Gasteiger partial charge in [0.25, 0.3) is 11.7 Å². The topological polar surface area (TPSA) is 89.2 Å². The molecule has 0 saturated carbocycles. The summed E-state index contributed by atoms with van der Waals surface area (Å²) in [6.07, 6.45) is 1.42. The Labute approximate surface area is 179 Å². The number of rotatable bonds is 7. The largest absolute Gasteiger partial charge is 0.507 e. The highest BCUT2D eigenvalue weighted by atomic mass is 35.5. The first kappa shape index (κ1) is 21.9. The second-order valence-corrected chi connectivity index (χ2v) is 7.66. The van der Waals surface area contributed by atoms with Gasteiger partial charge in [0.1, 0.15) is 23.3 Å². The number of ketones is 1. The van der Waals surface area contributed by atoms with Crippen LogP contribution in [0.3, 0.4) is 0 Å². The molecule has 1 atom stereocenters. The third kappa shape index (κ3) is 4.08. The number of aryl methyl sites for hydroxylation is 1. The lowest BCUT2D eigenvalue weighted by Gasteiger charge is -2.23. The van der Waals surface area contributed by atoms with Crippen molar-refractivity contribution in [3.05, 3.63) is 58.0 Å². The van der Waals surface area contributed by atoms with Crippen molar-refractivity contribution in [2.45, 2.75) is 32.9 Å². The van der Waals surface area contributed by atoms with E-state index in [0.717, 1.165) is 5.56 Å². The van der Waals surface area contributed by atoms with E-state index >= 15 is 0 Å². The van der Waals surface area contributed by atoms with E-state index in [2.05, 4.69) is 0 Å². The molecule has 160 valence electrons. The van der Waals surface area contributed by atoms with Gasteiger partial charge in [-0.2, -0.15) is 0 Å². The van der Waals surface area contributed by atoms with Crippen LogP contribution in [0.5, 0.6) is 5.75 Å². The van der Waals surface area contributed by atoms with Crippen LogP contribution in [0.1, 0.15) is 36.8 Å². The molecule has 1 aliphatic rings. The highest BCUT2D eigenvalue weighted by molar-refractivity contribution is 6.46. The number of carbonyl (C=O) groups excluding carboxylic acids is 2. The lowest BCUT2D eigenvalue weighted by molar-refractivity contribution is -0.140. The summed E-state index contributed by atoms with van der Waals surface area (Å²) in [5.41, 5.74) is 0.909. The molecule has 1 saturated heterocycles. The Balaban J connectivity index is 2.14. The molecule has 1 amide bonds. The molecule has 0 aliphatic carbocycles. The minimum absolute atomic E-state index is 0.0254. The second-order valence-electron chi connectivity index (χ2n) is 7.26. The number of likely N-dealkylation sites (tertiary alicyclic amines) is 1. The van der Waals surface area contributed by atoms with Crippen LogP contribution >= 0.6 is 11.6 Å². The molecule has 0 spiro atoms. The molecule has 0 radical (unpaired) electrons. The molecular weight excluding hydrogens is 410 g/mol. The van der Waals surface area contributed by atoms with Crippen LogP contribution in [0.4, 0.5) is 0 Å². The molecule has 30 heavy (non-hydrogen) atoms. The smallest absolute Gasteiger partial charge is 0.295 e. The molecule has 0 bridgehead atoms. The van der Waals surface area contributed by atoms with Crippen LogP contribution in [0.25, 0.3) is 5.76 Å². The molecule has 1 fully saturated rings. The normalized spacial score (nSPS) is 18.5. The fourth-order valence-corrected chi connectivity index (χ4v) is 3.85. The molecule has 1 unspecified atom stereocenters. The quantitative estimate of drug-likeness (QED) is 0.401. The van der Waals surface area contributed by atoms with E-state index < -0.39 is 17.7 Å². The zero-order valence-corrected chi connectivity index (χ0v) is 18.0. The van der Waals surface area contributed by atoms with E-state index in [4.69, 9.17) is 25.5 Å². The predicted octanol–water partition coefficient (Wildman–Crippen LogP) is 4.10. The number of Topliss-reactive ketones (excluding diaryl/α,β-unsaturated/α-hetero) is 1. The van der Waals surface area contributed by atoms with E-state index in [0.29, 0.717) is 5.76 Å². The number of hydrogen-bond donors (Lipinski definition) is 1. The van der Waals surface area contributed by atoms with Gasteiger partial charge in [0, 0.05) is 6.54 Å². The number of furan rings is 1. The summed E-state index contributed by atoms with van der Waals surface area (Å²) >= 11 is 6.26. The predicted molar refractivity (Wildman–Crippen MR) is 112 cm³/mol. The zero-order valence-electron chi connectivity index (χ0n) is 17.3. The maximum absolute atomic E-state index is 12.9. The Hall–Kier alpha value is -2.77. The number of nitrogens with zero attached hydrogens (tertiary/aromatic N) is 1. The number of halogens is 1. The summed E-state index contributed by atoms with van der Waals surface area (Å²) in [6, 6.07) is 5.75. The van der Waals surface area contributed by atoms with Gasteiger partial charge in [-0.25, -0.2) is 0 Å². The summed E-state index contributed by atoms with van der Waals surface area (Å²) in [5.74, 6) is -1.34. The minimum atomic E-state index is -0.889. The maximum Gasteiger partial charge on any atom is 0.295 e. The molecule has 3 rings (SSSR count). The van der Waals surface area contributed by atoms with Crippen molar-refractivity contribution >= 4 is 29.1 Å². The van der Waals surface area contributed by atoms with Gasteiger partial charge < -0.3 is 23.9 Å². The Kier molecular flexibility index (Phi) is 6.53. The molecule has 1 N–H and O–H groups in total. The zero-order chi connectivity index (χ0) is 22.0. The van der Waals surface area contributed by atoms with Crippen LogP contribution in [-0.4, -0.2) is 48.1 Å². The number of aliphatic hydroxyl groups is 1. The highest BCUT2D eigenvalue weighted by Crippen LogP contribution is 2.42. The Morgan fingerprint density at radius 1 is 1.33 bits per heavy atom. The van der Waals surface area contributed by atoms with Crippen molar-refractivity contribution in [2.75, 3.05) is 20.3 Å². The molecule has 2 heterocycles. The van der Waals surface area contributed by atoms with E-state index in [9.17, 15) is 14.7 Å². The number of aliphatic hydroxyl groups excluding tert-OH is 1. The van der Waals surface area contributed by atoms with Crippen molar-refractivity contribution < 1.29 is 28.6 Å². The third-order valence-electron chi connectivity index (χ3n) is 4.78. The lowest BCUT2D eigenvalue weighted by atomic mass is 9.98. The van der Waals surface area contributed by atoms with Crippen LogP contribution < -0.4 is 4.74 Å². The molecule has 1 aliphatic heterocycles. The SMILES string of the molecule is COc1c(Cl)cc(C)cc1/C(O)=C1/C(=O)C(=O)N(CCOC(C)C)C1c1ccco1. The van der Waals surface area contributed by atoms with Gasteiger partial charge in [-0.15, -0.1) is 0 Å². The van der Waals surface area contributed by atoms with E-state index in [-0.39, 0.29) is 46.9 Å². The first-order valence-electron chi connectivity index (χ1n) is 9.54. The molecule has 2 aromatic rings. The average Bonchev–Trinajstić information content (AvgIpc) is 3.29. The summed E-state index contributed by atoms with van der Waals surface area (Å²) in [7, 11) is 1.42. The summed E-state index contributed by atoms with van der Waals surface area (Å²) in [6.45, 7) is 5.96. The number of amides is 1. The molecular formula is C22H24ClNO6. The van der Waals surface area contributed by atoms with Crippen LogP contribution in [-0.2, 0) is 14.3 Å². The number of ether oxygens (including phenoxy) is 2. The van der Waals surface area contributed by atoms with E-state index in [1.54, 1.807) is 31.2 Å². The van der Waals surface area contributed by atoms with Crippen molar-refractivity contribution in [3.8, 4) is 5.75 Å². The standard InChI is InChI=1S/C22H24ClNO6/c1-12(2)29-9-7-24-18(16-6-5-8-30-16)17(20(26)22(24)27)19(25)14-10-13(3)11-15(23)21(14)28-4/h5-6,8,10-12,18,25H,7,9H2,1-4H3/b19-17-. The third-order valence-corrected chi connectivity index (χ3v) is 5.06. The van der Waals surface area contributed by atoms with Crippen molar-refractivity contribution in [1.82, 2.24) is 4.90 Å². The van der Waals surface area contributed by atoms with Crippen LogP contribution in [0.2, 0.25) is 5.02 Å². The Morgan fingerprint density at radius 2 is 2.07 bits per heavy atom. The lowest BCUT2D eigenvalue weighted by Crippen LogP contribution is -2.33. The van der Waals surface area contributed by atoms with Crippen molar-refractivity contribution in [1.29, 1.82) is 0 Å². The second kappa shape index (κ2) is 8.93. The van der Waals surface area contributed by atoms with Crippen molar-refractivity contribution in [2.24, 2.45) is 0 Å². The molecule has 8 heteroatoms. The van der Waals surface area contributed by atoms with Gasteiger partial charge >= 0.3 is 0 Å². The van der Waals surface area contributed by atoms with Gasteiger partial charge in [0.05, 0.1) is 42.2 Å². The number of hydrogen-bond acceptors (Lipinski definition) is 6. The summed E-state index contributed by atoms with van der Waals surface area (Å²) in [4.78, 5) is 27.1. The maximum atomic E-state index is 12.9. The van der Waals surface area contributed by atoms with Gasteiger partial charge in [0.2, 0.25) is 0 Å². The Morgan fingerprint density at radius 3 is 2.67 bits per heavy atom. The Bertz CT molecular complexity index is 980. The number of methoxy groups -OCH3 is 1. The van der Waals surface area contributed by atoms with E-state index in [1.165, 1.54) is 18.3 Å². The average molecular weight is 434 g/mol. The van der Waals surface area contributed by atoms with Crippen molar-refractivity contribution in [3.63, 3.8) is 0 Å². The first-order chi connectivity index (χ1) is 14.3. The fraction of sp³-hybridized carbons (Fsp3) is 0.364. The first-order valence-corrected chi connectivity index (χ1v) is 9.92. The van der Waals surface area contributed by atoms with Gasteiger partial charge in [-0.05, 0) is 50.6 Å². The van der Waals surface area contributed by atoms with Gasteiger partial charge in [-0.1, -0.05) is 11.6 Å². The minimum Gasteiger partial charge on any atom is -0.507 e. The molecule has 1 aromatic carbocycles. The fourth-order valence-electron chi connectivity index (χ4n) is 3.50. The van der Waals surface area contributed by atoms with Crippen LogP contribution in [0.15, 0.2) is 40.5 Å². The number of carbonyl (C=O) groups is 2. The highest BCUT2D eigenvalue weighted by Gasteiger charge is 2.47. The van der Waals surface area contributed by atoms with Gasteiger partial charge in [0.15, 0.2) is 0 Å². The monoisotopic (exact) mass is 433 g/mol. The summed E-state index contributed by atoms with van der Waals surface area (Å²) in [5, 5.41) is 11.4.